The van der Waals surface area contributed by atoms with Crippen molar-refractivity contribution in [3.05, 3.63) is 70.3 Å². The molecule has 2 rings (SSSR count). The number of ether oxygens (including phenoxy) is 1. The van der Waals surface area contributed by atoms with Crippen LogP contribution in [0.1, 0.15) is 88.5 Å². The normalized spacial score (nSPS) is 23.6. The van der Waals surface area contributed by atoms with Gasteiger partial charge >= 0.3 is 0 Å². The first-order chi connectivity index (χ1) is 16.6. The standard InChI is InChI=1S/C32H46O4/c1-11-22(6)27(33)26-28(34)25-17-18-31(8,9)36-30(25)32(10,29(26)35)19-24(16-15-21(4)5)23(7)14-12-13-20(2)3/h12-15,17-18,20,22,24,34H,11,16,19H2,1-10H3/b13-12+,23-14-. The minimum atomic E-state index is -1.08. The van der Waals surface area contributed by atoms with Crippen LogP contribution < -0.4 is 0 Å². The summed E-state index contributed by atoms with van der Waals surface area (Å²) in [6, 6.07) is 0. The van der Waals surface area contributed by atoms with Crippen molar-refractivity contribution >= 4 is 11.6 Å². The number of carbonyl (C=O) groups excluding carboxylic acids is 2. The van der Waals surface area contributed by atoms with E-state index in [-0.39, 0.29) is 34.7 Å². The van der Waals surface area contributed by atoms with Crippen LogP contribution in [0.25, 0.3) is 0 Å². The smallest absolute Gasteiger partial charge is 0.183 e. The topological polar surface area (TPSA) is 63.6 Å². The predicted octanol–water partition coefficient (Wildman–Crippen LogP) is 8.14. The largest absolute Gasteiger partial charge is 0.506 e. The van der Waals surface area contributed by atoms with E-state index in [0.717, 1.165) is 6.42 Å². The maximum absolute atomic E-state index is 14.2. The van der Waals surface area contributed by atoms with Gasteiger partial charge in [0.15, 0.2) is 11.6 Å². The molecule has 0 saturated heterocycles. The molecule has 0 amide bonds. The fraction of sp³-hybridized carbons (Fsp3) is 0.562. The molecule has 1 aliphatic heterocycles. The monoisotopic (exact) mass is 494 g/mol. The number of aliphatic hydroxyl groups is 1. The molecule has 1 aliphatic carbocycles. The van der Waals surface area contributed by atoms with Crippen LogP contribution in [0, 0.1) is 23.2 Å². The van der Waals surface area contributed by atoms with E-state index in [1.54, 1.807) is 6.92 Å². The zero-order chi connectivity index (χ0) is 27.4. The molecule has 0 aromatic rings. The molecule has 0 fully saturated rings. The highest BCUT2D eigenvalue weighted by molar-refractivity contribution is 6.24. The molecule has 198 valence electrons. The number of hydrogen-bond acceptors (Lipinski definition) is 4. The van der Waals surface area contributed by atoms with Gasteiger partial charge in [0.05, 0.1) is 11.0 Å². The van der Waals surface area contributed by atoms with Gasteiger partial charge in [0.25, 0.3) is 0 Å². The molecule has 0 spiro atoms. The van der Waals surface area contributed by atoms with E-state index in [1.807, 2.05) is 39.8 Å². The molecule has 36 heavy (non-hydrogen) atoms. The molecule has 3 unspecified atom stereocenters. The Kier molecular flexibility index (Phi) is 9.56. The Hall–Kier alpha value is -2.62. The number of allylic oxidation sites excluding steroid dienone is 9. The minimum Gasteiger partial charge on any atom is -0.506 e. The molecule has 0 aromatic heterocycles. The summed E-state index contributed by atoms with van der Waals surface area (Å²) >= 11 is 0. The lowest BCUT2D eigenvalue weighted by molar-refractivity contribution is -0.131. The number of ketones is 2. The zero-order valence-electron chi connectivity index (χ0n) is 24.0. The quantitative estimate of drug-likeness (QED) is 0.189. The Bertz CT molecular complexity index is 1050. The van der Waals surface area contributed by atoms with Gasteiger partial charge in [-0.3, -0.25) is 9.59 Å². The van der Waals surface area contributed by atoms with Crippen molar-refractivity contribution in [1.82, 2.24) is 0 Å². The molecule has 0 aromatic carbocycles. The average Bonchev–Trinajstić information content (AvgIpc) is 2.78. The summed E-state index contributed by atoms with van der Waals surface area (Å²) in [6.45, 7) is 20.0. The third kappa shape index (κ3) is 6.57. The van der Waals surface area contributed by atoms with E-state index >= 15 is 0 Å². The fourth-order valence-corrected chi connectivity index (χ4v) is 4.64. The van der Waals surface area contributed by atoms with Crippen LogP contribution in [0.2, 0.25) is 0 Å². The van der Waals surface area contributed by atoms with Crippen LogP contribution in [0.4, 0.5) is 0 Å². The Labute approximate surface area is 218 Å². The summed E-state index contributed by atoms with van der Waals surface area (Å²) in [4.78, 5) is 27.5. The second-order valence-corrected chi connectivity index (χ2v) is 11.8. The van der Waals surface area contributed by atoms with Crippen LogP contribution in [0.15, 0.2) is 70.3 Å². The number of hydrogen-bond donors (Lipinski definition) is 1. The summed E-state index contributed by atoms with van der Waals surface area (Å²) in [5.41, 5.74) is 1.04. The molecule has 2 aliphatic rings. The van der Waals surface area contributed by atoms with Crippen LogP contribution in [0.3, 0.4) is 0 Å². The van der Waals surface area contributed by atoms with Crippen molar-refractivity contribution in [1.29, 1.82) is 0 Å². The highest BCUT2D eigenvalue weighted by Gasteiger charge is 2.52. The number of rotatable bonds is 10. The third-order valence-corrected chi connectivity index (χ3v) is 7.25. The Balaban J connectivity index is 2.68. The molecular weight excluding hydrogens is 448 g/mol. The minimum absolute atomic E-state index is 0.0530. The Morgan fingerprint density at radius 1 is 1.14 bits per heavy atom. The number of Topliss-reactive ketones (excluding diaryl/α,β-unsaturated/α-hetero) is 2. The average molecular weight is 495 g/mol. The van der Waals surface area contributed by atoms with Crippen LogP contribution >= 0.6 is 0 Å². The van der Waals surface area contributed by atoms with Crippen molar-refractivity contribution < 1.29 is 19.4 Å². The van der Waals surface area contributed by atoms with Gasteiger partial charge in [-0.05, 0) is 84.8 Å². The van der Waals surface area contributed by atoms with Gasteiger partial charge in [-0.25, -0.2) is 0 Å². The summed E-state index contributed by atoms with van der Waals surface area (Å²) in [5, 5.41) is 11.2. The van der Waals surface area contributed by atoms with Crippen molar-refractivity contribution in [2.75, 3.05) is 0 Å². The third-order valence-electron chi connectivity index (χ3n) is 7.25. The van der Waals surface area contributed by atoms with Crippen molar-refractivity contribution in [2.45, 2.75) is 94.1 Å². The van der Waals surface area contributed by atoms with Crippen LogP contribution in [0.5, 0.6) is 0 Å². The van der Waals surface area contributed by atoms with Gasteiger partial charge in [0.2, 0.25) is 0 Å². The van der Waals surface area contributed by atoms with Gasteiger partial charge in [0, 0.05) is 5.92 Å². The van der Waals surface area contributed by atoms with Crippen molar-refractivity contribution in [3.63, 3.8) is 0 Å². The van der Waals surface area contributed by atoms with Gasteiger partial charge in [-0.1, -0.05) is 63.1 Å². The second-order valence-electron chi connectivity index (χ2n) is 11.8. The fourth-order valence-electron chi connectivity index (χ4n) is 4.64. The maximum atomic E-state index is 14.2. The summed E-state index contributed by atoms with van der Waals surface area (Å²) < 4.78 is 6.39. The van der Waals surface area contributed by atoms with Gasteiger partial charge in [-0.15, -0.1) is 0 Å². The molecule has 0 saturated carbocycles. The van der Waals surface area contributed by atoms with E-state index in [9.17, 15) is 14.7 Å². The van der Waals surface area contributed by atoms with Crippen molar-refractivity contribution in [3.8, 4) is 0 Å². The molecule has 0 radical (unpaired) electrons. The zero-order valence-corrected chi connectivity index (χ0v) is 24.0. The number of carbonyl (C=O) groups is 2. The van der Waals surface area contributed by atoms with E-state index < -0.39 is 11.0 Å². The SMILES string of the molecule is CCC(C)C(=O)C1=C(O)C2=C(OC(C)(C)C=C2)C(C)(CC(CC=C(C)C)/C(C)=C\C=C\C(C)C)C1=O. The summed E-state index contributed by atoms with van der Waals surface area (Å²) in [5.74, 6) is -0.290. The van der Waals surface area contributed by atoms with Gasteiger partial charge < -0.3 is 9.84 Å². The Morgan fingerprint density at radius 2 is 1.78 bits per heavy atom. The molecule has 4 nitrogen and oxygen atoms in total. The lowest BCUT2D eigenvalue weighted by Crippen LogP contribution is -2.44. The Morgan fingerprint density at radius 3 is 2.33 bits per heavy atom. The second kappa shape index (κ2) is 11.6. The van der Waals surface area contributed by atoms with Gasteiger partial charge in [-0.2, -0.15) is 0 Å². The van der Waals surface area contributed by atoms with E-state index in [2.05, 4.69) is 58.9 Å². The first-order valence-electron chi connectivity index (χ1n) is 13.3. The first-order valence-corrected chi connectivity index (χ1v) is 13.3. The van der Waals surface area contributed by atoms with E-state index in [0.29, 0.717) is 30.1 Å². The molecule has 3 atom stereocenters. The highest BCUT2D eigenvalue weighted by Crippen LogP contribution is 2.50. The molecular formula is C32H46O4. The summed E-state index contributed by atoms with van der Waals surface area (Å²) in [7, 11) is 0. The predicted molar refractivity (Wildman–Crippen MR) is 148 cm³/mol. The van der Waals surface area contributed by atoms with E-state index in [4.69, 9.17) is 4.74 Å². The number of aliphatic hydroxyl groups excluding tert-OH is 1. The molecule has 1 N–H and O–H groups in total. The lowest BCUT2D eigenvalue weighted by atomic mass is 9.65. The lowest BCUT2D eigenvalue weighted by Gasteiger charge is -2.43. The molecule has 0 bridgehead atoms. The van der Waals surface area contributed by atoms with Crippen LogP contribution in [-0.2, 0) is 14.3 Å². The van der Waals surface area contributed by atoms with Crippen molar-refractivity contribution in [2.24, 2.45) is 23.2 Å². The molecule has 1 heterocycles. The van der Waals surface area contributed by atoms with E-state index in [1.165, 1.54) is 11.1 Å². The maximum Gasteiger partial charge on any atom is 0.183 e. The first kappa shape index (κ1) is 29.6. The molecule has 4 heteroatoms. The van der Waals surface area contributed by atoms with Crippen LogP contribution in [-0.4, -0.2) is 22.3 Å². The van der Waals surface area contributed by atoms with Gasteiger partial charge in [0.1, 0.15) is 22.7 Å². The summed E-state index contributed by atoms with van der Waals surface area (Å²) in [6.07, 6.45) is 14.1. The highest BCUT2D eigenvalue weighted by atomic mass is 16.5.